The Hall–Kier alpha value is -1.82. The smallest absolute Gasteiger partial charge is 0.378 e. The highest BCUT2D eigenvalue weighted by molar-refractivity contribution is 7.89. The SMILES string of the molecule is O=S(=O)(N1Cc2cc(Cl)ccc2N(Cc2cnc[nH]2)[C@@H](CCOC2CC2)C1)C(F)(F)F. The highest BCUT2D eigenvalue weighted by Gasteiger charge is 2.51. The summed E-state index contributed by atoms with van der Waals surface area (Å²) < 4.78 is 71.0. The first-order valence-corrected chi connectivity index (χ1v) is 11.7. The Morgan fingerprint density at radius 3 is 2.71 bits per heavy atom. The number of ether oxygens (including phenoxy) is 1. The third kappa shape index (κ3) is 5.00. The van der Waals surface area contributed by atoms with Gasteiger partial charge >= 0.3 is 15.5 Å². The molecule has 1 aliphatic heterocycles. The van der Waals surface area contributed by atoms with Gasteiger partial charge in [-0.3, -0.25) is 0 Å². The number of hydrogen-bond acceptors (Lipinski definition) is 5. The molecule has 2 aliphatic rings. The number of nitrogens with zero attached hydrogens (tertiary/aromatic N) is 3. The maximum absolute atomic E-state index is 13.4. The fourth-order valence-corrected chi connectivity index (χ4v) is 4.86. The van der Waals surface area contributed by atoms with Crippen molar-refractivity contribution < 1.29 is 26.3 Å². The number of halogens is 4. The molecule has 1 N–H and O–H groups in total. The van der Waals surface area contributed by atoms with E-state index in [4.69, 9.17) is 16.3 Å². The Morgan fingerprint density at radius 2 is 2.06 bits per heavy atom. The highest BCUT2D eigenvalue weighted by atomic mass is 35.5. The van der Waals surface area contributed by atoms with Gasteiger partial charge in [-0.1, -0.05) is 11.6 Å². The zero-order chi connectivity index (χ0) is 22.2. The van der Waals surface area contributed by atoms with Crippen molar-refractivity contribution in [3.63, 3.8) is 0 Å². The molecule has 12 heteroatoms. The molecule has 2 aromatic rings. The predicted octanol–water partition coefficient (Wildman–Crippen LogP) is 3.67. The zero-order valence-electron chi connectivity index (χ0n) is 16.5. The molecule has 2 heterocycles. The van der Waals surface area contributed by atoms with Gasteiger partial charge in [-0.25, -0.2) is 13.4 Å². The standard InChI is InChI=1S/C19H22ClF3N4O3S/c20-14-1-4-18-13(7-14)9-26(31(28,29)19(21,22)23)11-16(5-6-30-17-2-3-17)27(18)10-15-8-24-12-25-15/h1,4,7-8,12,16-17H,2-3,5-6,9-11H2,(H,24,25)/t16-/m0/s1. The van der Waals surface area contributed by atoms with Gasteiger partial charge in [0.25, 0.3) is 0 Å². The van der Waals surface area contributed by atoms with Crippen LogP contribution in [-0.4, -0.2) is 53.5 Å². The number of benzene rings is 1. The van der Waals surface area contributed by atoms with Crippen LogP contribution in [0.25, 0.3) is 0 Å². The molecule has 170 valence electrons. The van der Waals surface area contributed by atoms with Crippen LogP contribution in [0.4, 0.5) is 18.9 Å². The minimum atomic E-state index is -5.52. The Bertz CT molecular complexity index is 1010. The number of imidazole rings is 1. The molecule has 1 fully saturated rings. The van der Waals surface area contributed by atoms with Gasteiger partial charge in [-0.15, -0.1) is 0 Å². The summed E-state index contributed by atoms with van der Waals surface area (Å²) in [4.78, 5) is 8.90. The van der Waals surface area contributed by atoms with E-state index in [1.165, 1.54) is 12.4 Å². The number of sulfonamides is 1. The molecule has 31 heavy (non-hydrogen) atoms. The Balaban J connectivity index is 1.72. The number of aromatic nitrogens is 2. The molecule has 1 aromatic carbocycles. The van der Waals surface area contributed by atoms with Crippen molar-refractivity contribution in [2.75, 3.05) is 18.1 Å². The summed E-state index contributed by atoms with van der Waals surface area (Å²) in [6.45, 7) is -0.0895. The monoisotopic (exact) mass is 478 g/mol. The molecule has 4 rings (SSSR count). The zero-order valence-corrected chi connectivity index (χ0v) is 18.1. The average Bonchev–Trinajstić information content (AvgIpc) is 3.39. The molecule has 1 atom stereocenters. The van der Waals surface area contributed by atoms with E-state index in [1.807, 2.05) is 4.90 Å². The number of fused-ring (bicyclic) bond motifs is 1. The van der Waals surface area contributed by atoms with Gasteiger partial charge in [-0.2, -0.15) is 17.5 Å². The van der Waals surface area contributed by atoms with Crippen molar-refractivity contribution >= 4 is 27.3 Å². The topological polar surface area (TPSA) is 78.5 Å². The second-order valence-electron chi connectivity index (χ2n) is 7.73. The van der Waals surface area contributed by atoms with Gasteiger partial charge in [0.15, 0.2) is 0 Å². The fraction of sp³-hybridized carbons (Fsp3) is 0.526. The lowest BCUT2D eigenvalue weighted by Crippen LogP contribution is -2.47. The van der Waals surface area contributed by atoms with Crippen LogP contribution < -0.4 is 4.90 Å². The summed E-state index contributed by atoms with van der Waals surface area (Å²) in [6.07, 6.45) is 5.64. The maximum Gasteiger partial charge on any atom is 0.511 e. The number of aromatic amines is 1. The minimum Gasteiger partial charge on any atom is -0.378 e. The van der Waals surface area contributed by atoms with Crippen LogP contribution in [0.1, 0.15) is 30.5 Å². The molecule has 0 amide bonds. The Kier molecular flexibility index (Phi) is 6.21. The summed E-state index contributed by atoms with van der Waals surface area (Å²) in [7, 11) is -5.52. The summed E-state index contributed by atoms with van der Waals surface area (Å²) in [5, 5.41) is 0.320. The number of alkyl halides is 3. The van der Waals surface area contributed by atoms with Crippen molar-refractivity contribution in [3.05, 3.63) is 47.0 Å². The second-order valence-corrected chi connectivity index (χ2v) is 10.1. The first-order valence-electron chi connectivity index (χ1n) is 9.85. The number of anilines is 1. The molecule has 0 spiro atoms. The number of H-pyrrole nitrogens is 1. The molecule has 0 unspecified atom stereocenters. The largest absolute Gasteiger partial charge is 0.511 e. The Labute approximate surface area is 183 Å². The molecular formula is C19H22ClF3N4O3S. The van der Waals surface area contributed by atoms with Crippen molar-refractivity contribution in [1.29, 1.82) is 0 Å². The third-order valence-electron chi connectivity index (χ3n) is 5.41. The normalized spacial score (nSPS) is 20.5. The van der Waals surface area contributed by atoms with E-state index in [0.29, 0.717) is 40.2 Å². The first kappa shape index (κ1) is 22.4. The van der Waals surface area contributed by atoms with Crippen LogP contribution in [0.2, 0.25) is 5.02 Å². The van der Waals surface area contributed by atoms with Crippen LogP contribution in [0, 0.1) is 0 Å². The van der Waals surface area contributed by atoms with E-state index in [1.54, 1.807) is 18.3 Å². The summed E-state index contributed by atoms with van der Waals surface area (Å²) in [5.74, 6) is 0. The van der Waals surface area contributed by atoms with Crippen LogP contribution in [0.3, 0.4) is 0 Å². The second kappa shape index (κ2) is 8.61. The number of nitrogens with one attached hydrogen (secondary N) is 1. The quantitative estimate of drug-likeness (QED) is 0.657. The molecule has 1 aliphatic carbocycles. The van der Waals surface area contributed by atoms with Gasteiger partial charge in [0.05, 0.1) is 24.7 Å². The summed E-state index contributed by atoms with van der Waals surface area (Å²) in [6, 6.07) is 4.33. The van der Waals surface area contributed by atoms with Crippen molar-refractivity contribution in [2.45, 2.75) is 50.0 Å². The molecule has 7 nitrogen and oxygen atoms in total. The van der Waals surface area contributed by atoms with E-state index in [2.05, 4.69) is 9.97 Å². The van der Waals surface area contributed by atoms with Gasteiger partial charge in [0.2, 0.25) is 0 Å². The molecule has 0 saturated heterocycles. The van der Waals surface area contributed by atoms with Gasteiger partial charge in [0, 0.05) is 42.6 Å². The lowest BCUT2D eigenvalue weighted by molar-refractivity contribution is -0.0492. The van der Waals surface area contributed by atoms with Crippen molar-refractivity contribution in [3.8, 4) is 0 Å². The lowest BCUT2D eigenvalue weighted by Gasteiger charge is -2.34. The molecule has 1 aromatic heterocycles. The van der Waals surface area contributed by atoms with E-state index in [-0.39, 0.29) is 12.6 Å². The fourth-order valence-electron chi connectivity index (χ4n) is 3.70. The van der Waals surface area contributed by atoms with Crippen LogP contribution >= 0.6 is 11.6 Å². The van der Waals surface area contributed by atoms with E-state index in [9.17, 15) is 21.6 Å². The first-order chi connectivity index (χ1) is 14.6. The minimum absolute atomic E-state index is 0.188. The molecule has 1 saturated carbocycles. The summed E-state index contributed by atoms with van der Waals surface area (Å²) >= 11 is 6.09. The third-order valence-corrected chi connectivity index (χ3v) is 7.19. The number of rotatable bonds is 7. The van der Waals surface area contributed by atoms with E-state index in [0.717, 1.165) is 18.5 Å². The lowest BCUT2D eigenvalue weighted by atomic mass is 10.1. The molecule has 0 radical (unpaired) electrons. The predicted molar refractivity (Wildman–Crippen MR) is 109 cm³/mol. The van der Waals surface area contributed by atoms with Crippen molar-refractivity contribution in [2.24, 2.45) is 0 Å². The maximum atomic E-state index is 13.4. The van der Waals surface area contributed by atoms with Gasteiger partial charge in [0.1, 0.15) is 0 Å². The average molecular weight is 479 g/mol. The summed E-state index contributed by atoms with van der Waals surface area (Å²) in [5.41, 5.74) is -3.60. The van der Waals surface area contributed by atoms with E-state index < -0.39 is 28.1 Å². The van der Waals surface area contributed by atoms with Crippen LogP contribution in [0.15, 0.2) is 30.7 Å². The number of hydrogen-bond donors (Lipinski definition) is 1. The van der Waals surface area contributed by atoms with Gasteiger partial charge < -0.3 is 14.6 Å². The van der Waals surface area contributed by atoms with Crippen molar-refractivity contribution in [1.82, 2.24) is 14.3 Å². The molecule has 0 bridgehead atoms. The van der Waals surface area contributed by atoms with Gasteiger partial charge in [-0.05, 0) is 43.0 Å². The Morgan fingerprint density at radius 1 is 1.29 bits per heavy atom. The molecular weight excluding hydrogens is 457 g/mol. The van der Waals surface area contributed by atoms with E-state index >= 15 is 0 Å². The highest BCUT2D eigenvalue weighted by Crippen LogP contribution is 2.36. The van der Waals surface area contributed by atoms with Crippen LogP contribution in [-0.2, 0) is 27.8 Å². The van der Waals surface area contributed by atoms with Crippen LogP contribution in [0.5, 0.6) is 0 Å².